The first kappa shape index (κ1) is 19.3. The summed E-state index contributed by atoms with van der Waals surface area (Å²) < 4.78 is 26.7. The molecule has 146 valence electrons. The van der Waals surface area contributed by atoms with Crippen LogP contribution in [0.1, 0.15) is 38.1 Å². The van der Waals surface area contributed by atoms with Crippen LogP contribution in [0.15, 0.2) is 6.07 Å². The number of hydrogen-bond donors (Lipinski definition) is 1. The van der Waals surface area contributed by atoms with E-state index < -0.39 is 10.0 Å². The maximum Gasteiger partial charge on any atom is 0.237 e. The van der Waals surface area contributed by atoms with Crippen molar-refractivity contribution in [2.45, 2.75) is 52.4 Å². The molecule has 1 unspecified atom stereocenters. The Kier molecular flexibility index (Phi) is 5.69. The van der Waals surface area contributed by atoms with Crippen LogP contribution in [0.3, 0.4) is 0 Å². The number of carbonyl (C=O) groups is 1. The lowest BCUT2D eigenvalue weighted by Gasteiger charge is -2.34. The Balaban J connectivity index is 1.54. The number of nitrogens with zero attached hydrogens (tertiary/aromatic N) is 4. The van der Waals surface area contributed by atoms with Gasteiger partial charge in [-0.3, -0.25) is 14.4 Å². The highest BCUT2D eigenvalue weighted by atomic mass is 32.2. The van der Waals surface area contributed by atoms with Crippen molar-refractivity contribution in [3.8, 4) is 0 Å². The Morgan fingerprint density at radius 3 is 2.65 bits per heavy atom. The molecule has 0 aromatic carbocycles. The van der Waals surface area contributed by atoms with Crippen molar-refractivity contribution in [2.75, 3.05) is 25.9 Å². The molecule has 26 heavy (non-hydrogen) atoms. The molecule has 3 rings (SSSR count). The maximum atomic E-state index is 12.4. The van der Waals surface area contributed by atoms with E-state index in [9.17, 15) is 13.2 Å². The van der Waals surface area contributed by atoms with Gasteiger partial charge in [0.15, 0.2) is 0 Å². The van der Waals surface area contributed by atoms with Crippen LogP contribution in [0.5, 0.6) is 0 Å². The lowest BCUT2D eigenvalue weighted by Crippen LogP contribution is -2.47. The van der Waals surface area contributed by atoms with Gasteiger partial charge in [0.2, 0.25) is 15.9 Å². The van der Waals surface area contributed by atoms with E-state index >= 15 is 0 Å². The second kappa shape index (κ2) is 7.66. The zero-order valence-corrected chi connectivity index (χ0v) is 16.6. The fourth-order valence-electron chi connectivity index (χ4n) is 3.58. The van der Waals surface area contributed by atoms with E-state index in [-0.39, 0.29) is 11.9 Å². The highest BCUT2D eigenvalue weighted by Crippen LogP contribution is 2.18. The minimum absolute atomic E-state index is 0.0169. The fraction of sp³-hybridized carbons (Fsp3) is 0.765. The van der Waals surface area contributed by atoms with Crippen molar-refractivity contribution < 1.29 is 13.2 Å². The molecule has 1 amide bonds. The SMILES string of the molecule is CC1CCN(C(C)C(=O)NCc2cc3n(n2)CCN(S(C)(=O)=O)C3)CC1. The van der Waals surface area contributed by atoms with Crippen LogP contribution in [-0.2, 0) is 34.5 Å². The summed E-state index contributed by atoms with van der Waals surface area (Å²) in [5.41, 5.74) is 1.63. The van der Waals surface area contributed by atoms with Gasteiger partial charge in [-0.2, -0.15) is 9.40 Å². The van der Waals surface area contributed by atoms with Gasteiger partial charge < -0.3 is 5.32 Å². The monoisotopic (exact) mass is 383 g/mol. The molecule has 0 bridgehead atoms. The van der Waals surface area contributed by atoms with Crippen LogP contribution in [0.25, 0.3) is 0 Å². The van der Waals surface area contributed by atoms with Gasteiger partial charge in [-0.25, -0.2) is 8.42 Å². The summed E-state index contributed by atoms with van der Waals surface area (Å²) in [6.07, 6.45) is 3.51. The first-order valence-corrected chi connectivity index (χ1v) is 11.1. The molecule has 0 radical (unpaired) electrons. The number of hydrogen-bond acceptors (Lipinski definition) is 5. The molecule has 1 fully saturated rings. The largest absolute Gasteiger partial charge is 0.349 e. The summed E-state index contributed by atoms with van der Waals surface area (Å²) in [4.78, 5) is 14.7. The first-order valence-electron chi connectivity index (χ1n) is 9.26. The second-order valence-corrected chi connectivity index (χ2v) is 9.54. The lowest BCUT2D eigenvalue weighted by atomic mass is 9.98. The van der Waals surface area contributed by atoms with Gasteiger partial charge in [0, 0.05) is 6.54 Å². The molecule has 0 aliphatic carbocycles. The highest BCUT2D eigenvalue weighted by Gasteiger charge is 2.26. The summed E-state index contributed by atoms with van der Waals surface area (Å²) in [6, 6.07) is 1.74. The first-order chi connectivity index (χ1) is 12.2. The third-order valence-corrected chi connectivity index (χ3v) is 6.72. The molecule has 1 aromatic rings. The molecule has 2 aliphatic rings. The smallest absolute Gasteiger partial charge is 0.237 e. The zero-order valence-electron chi connectivity index (χ0n) is 15.8. The van der Waals surface area contributed by atoms with Crippen LogP contribution < -0.4 is 5.32 Å². The van der Waals surface area contributed by atoms with Crippen LogP contribution in [0, 0.1) is 5.92 Å². The molecule has 1 atom stereocenters. The van der Waals surface area contributed by atoms with E-state index in [0.29, 0.717) is 26.2 Å². The van der Waals surface area contributed by atoms with Gasteiger partial charge in [-0.05, 0) is 44.8 Å². The van der Waals surface area contributed by atoms with Gasteiger partial charge in [0.05, 0.1) is 43.3 Å². The molecule has 3 heterocycles. The van der Waals surface area contributed by atoms with Crippen molar-refractivity contribution in [1.82, 2.24) is 24.3 Å². The Morgan fingerprint density at radius 2 is 2.00 bits per heavy atom. The predicted octanol–water partition coefficient (Wildman–Crippen LogP) is 0.395. The molecule has 1 saturated heterocycles. The Labute approximate surface area is 155 Å². The number of amides is 1. The molecular weight excluding hydrogens is 354 g/mol. The number of sulfonamides is 1. The minimum Gasteiger partial charge on any atom is -0.349 e. The van der Waals surface area contributed by atoms with Gasteiger partial charge in [0.25, 0.3) is 0 Å². The number of likely N-dealkylation sites (tertiary alicyclic amines) is 1. The zero-order chi connectivity index (χ0) is 18.9. The molecule has 8 nitrogen and oxygen atoms in total. The van der Waals surface area contributed by atoms with Crippen LogP contribution in [0.2, 0.25) is 0 Å². The van der Waals surface area contributed by atoms with Crippen molar-refractivity contribution in [2.24, 2.45) is 5.92 Å². The predicted molar refractivity (Wildman–Crippen MR) is 98.8 cm³/mol. The van der Waals surface area contributed by atoms with E-state index in [0.717, 1.165) is 43.2 Å². The van der Waals surface area contributed by atoms with Crippen LogP contribution in [-0.4, -0.2) is 65.2 Å². The number of aromatic nitrogens is 2. The lowest BCUT2D eigenvalue weighted by molar-refractivity contribution is -0.126. The summed E-state index contributed by atoms with van der Waals surface area (Å²) in [5.74, 6) is 0.758. The van der Waals surface area contributed by atoms with E-state index in [1.807, 2.05) is 17.7 Å². The van der Waals surface area contributed by atoms with Crippen LogP contribution in [0.4, 0.5) is 0 Å². The number of nitrogens with one attached hydrogen (secondary N) is 1. The van der Waals surface area contributed by atoms with Crippen molar-refractivity contribution in [3.63, 3.8) is 0 Å². The maximum absolute atomic E-state index is 12.4. The van der Waals surface area contributed by atoms with E-state index in [4.69, 9.17) is 0 Å². The van der Waals surface area contributed by atoms with Gasteiger partial charge in [0.1, 0.15) is 0 Å². The number of rotatable bonds is 5. The number of fused-ring (bicyclic) bond motifs is 1. The Bertz CT molecular complexity index is 752. The molecule has 1 N–H and O–H groups in total. The van der Waals surface area contributed by atoms with E-state index in [1.54, 1.807) is 0 Å². The number of carbonyl (C=O) groups excluding carboxylic acids is 1. The molecule has 0 spiro atoms. The molecule has 1 aromatic heterocycles. The Morgan fingerprint density at radius 1 is 1.31 bits per heavy atom. The average Bonchev–Trinajstić information content (AvgIpc) is 3.01. The standard InChI is InChI=1S/C17H29N5O3S/c1-13-4-6-20(7-5-13)14(2)17(23)18-11-15-10-16-12-21(26(3,24)25)8-9-22(16)19-15/h10,13-14H,4-9,11-12H2,1-3H3,(H,18,23). The molecule has 0 saturated carbocycles. The third kappa shape index (κ3) is 4.44. The van der Waals surface area contributed by atoms with Crippen LogP contribution >= 0.6 is 0 Å². The van der Waals surface area contributed by atoms with Gasteiger partial charge in [-0.15, -0.1) is 0 Å². The molecular formula is C17H29N5O3S. The van der Waals surface area contributed by atoms with E-state index in [2.05, 4.69) is 22.2 Å². The fourth-order valence-corrected chi connectivity index (χ4v) is 4.36. The third-order valence-electron chi connectivity index (χ3n) is 5.47. The molecule has 9 heteroatoms. The topological polar surface area (TPSA) is 87.5 Å². The van der Waals surface area contributed by atoms with Crippen molar-refractivity contribution >= 4 is 15.9 Å². The Hall–Kier alpha value is -1.45. The van der Waals surface area contributed by atoms with Gasteiger partial charge in [-0.1, -0.05) is 6.92 Å². The normalized spacial score (nSPS) is 21.3. The quantitative estimate of drug-likeness (QED) is 0.795. The van der Waals surface area contributed by atoms with Gasteiger partial charge >= 0.3 is 0 Å². The average molecular weight is 384 g/mol. The summed E-state index contributed by atoms with van der Waals surface area (Å²) in [5, 5.41) is 7.46. The van der Waals surface area contributed by atoms with E-state index in [1.165, 1.54) is 10.6 Å². The summed E-state index contributed by atoms with van der Waals surface area (Å²) in [6.45, 7) is 7.82. The minimum atomic E-state index is -3.20. The summed E-state index contributed by atoms with van der Waals surface area (Å²) in [7, 11) is -3.20. The summed E-state index contributed by atoms with van der Waals surface area (Å²) >= 11 is 0. The number of piperidine rings is 1. The van der Waals surface area contributed by atoms with Crippen molar-refractivity contribution in [3.05, 3.63) is 17.5 Å². The second-order valence-electron chi connectivity index (χ2n) is 7.56. The molecule has 2 aliphatic heterocycles. The van der Waals surface area contributed by atoms with Crippen molar-refractivity contribution in [1.29, 1.82) is 0 Å². The highest BCUT2D eigenvalue weighted by molar-refractivity contribution is 7.88.